The maximum absolute atomic E-state index is 3.75. The van der Waals surface area contributed by atoms with E-state index in [2.05, 4.69) is 41.1 Å². The Hall–Kier alpha value is -1.44. The molecule has 0 aliphatic carbocycles. The lowest BCUT2D eigenvalue weighted by Gasteiger charge is -2.28. The molecular formula is C18H28N2. The van der Waals surface area contributed by atoms with E-state index in [9.17, 15) is 0 Å². The standard InChI is InChI=1S/C18H28N2/c1-2-3-4-5-7-14-19-17-10-12-18(13-11-17)20-15-8-6-9-16-20/h2,10-13,19H,1,3-9,14-16H2. The van der Waals surface area contributed by atoms with Crippen molar-refractivity contribution in [1.82, 2.24) is 0 Å². The molecule has 0 unspecified atom stereocenters. The van der Waals surface area contributed by atoms with E-state index in [0.717, 1.165) is 13.0 Å². The first kappa shape index (κ1) is 15.0. The quantitative estimate of drug-likeness (QED) is 0.538. The Kier molecular flexibility index (Phi) is 6.49. The minimum absolute atomic E-state index is 1.07. The van der Waals surface area contributed by atoms with E-state index >= 15 is 0 Å². The van der Waals surface area contributed by atoms with Crippen LogP contribution in [0.15, 0.2) is 36.9 Å². The van der Waals surface area contributed by atoms with Crippen molar-refractivity contribution >= 4 is 11.4 Å². The largest absolute Gasteiger partial charge is 0.385 e. The lowest BCUT2D eigenvalue weighted by Crippen LogP contribution is -2.29. The Morgan fingerprint density at radius 1 is 1.00 bits per heavy atom. The smallest absolute Gasteiger partial charge is 0.0367 e. The fourth-order valence-corrected chi connectivity index (χ4v) is 2.77. The van der Waals surface area contributed by atoms with Crippen LogP contribution in [0.1, 0.15) is 44.9 Å². The summed E-state index contributed by atoms with van der Waals surface area (Å²) in [4.78, 5) is 2.50. The predicted octanol–water partition coefficient (Wildman–Crippen LogP) is 4.84. The second-order valence-corrected chi connectivity index (χ2v) is 5.66. The van der Waals surface area contributed by atoms with E-state index in [1.807, 2.05) is 6.08 Å². The van der Waals surface area contributed by atoms with E-state index in [1.54, 1.807) is 0 Å². The average molecular weight is 272 g/mol. The molecule has 110 valence electrons. The molecular weight excluding hydrogens is 244 g/mol. The van der Waals surface area contributed by atoms with Crippen molar-refractivity contribution in [3.8, 4) is 0 Å². The monoisotopic (exact) mass is 272 g/mol. The molecule has 1 aliphatic heterocycles. The molecule has 0 atom stereocenters. The topological polar surface area (TPSA) is 15.3 Å². The number of nitrogens with zero attached hydrogens (tertiary/aromatic N) is 1. The number of rotatable bonds is 8. The van der Waals surface area contributed by atoms with Gasteiger partial charge in [0, 0.05) is 31.0 Å². The molecule has 1 N–H and O–H groups in total. The Morgan fingerprint density at radius 3 is 2.45 bits per heavy atom. The van der Waals surface area contributed by atoms with Crippen molar-refractivity contribution in [2.24, 2.45) is 0 Å². The van der Waals surface area contributed by atoms with Crippen LogP contribution < -0.4 is 10.2 Å². The van der Waals surface area contributed by atoms with Gasteiger partial charge in [-0.2, -0.15) is 0 Å². The van der Waals surface area contributed by atoms with Gasteiger partial charge in [-0.1, -0.05) is 12.5 Å². The van der Waals surface area contributed by atoms with Gasteiger partial charge in [0.05, 0.1) is 0 Å². The predicted molar refractivity (Wildman–Crippen MR) is 89.7 cm³/mol. The normalized spacial score (nSPS) is 15.1. The second-order valence-electron chi connectivity index (χ2n) is 5.66. The zero-order valence-electron chi connectivity index (χ0n) is 12.6. The van der Waals surface area contributed by atoms with E-state index in [0.29, 0.717) is 0 Å². The Balaban J connectivity index is 1.69. The molecule has 1 heterocycles. The SMILES string of the molecule is C=CCCCCCNc1ccc(N2CCCCC2)cc1. The number of anilines is 2. The lowest BCUT2D eigenvalue weighted by atomic mass is 10.1. The number of hydrogen-bond acceptors (Lipinski definition) is 2. The molecule has 1 aromatic carbocycles. The summed E-state index contributed by atoms with van der Waals surface area (Å²) in [6, 6.07) is 8.94. The van der Waals surface area contributed by atoms with Gasteiger partial charge in [0.15, 0.2) is 0 Å². The summed E-state index contributed by atoms with van der Waals surface area (Å²) in [7, 11) is 0. The number of nitrogens with one attached hydrogen (secondary N) is 1. The van der Waals surface area contributed by atoms with Crippen LogP contribution >= 0.6 is 0 Å². The molecule has 0 spiro atoms. The summed E-state index contributed by atoms with van der Waals surface area (Å²) in [6.45, 7) is 7.26. The van der Waals surface area contributed by atoms with Gasteiger partial charge in [-0.3, -0.25) is 0 Å². The minimum Gasteiger partial charge on any atom is -0.385 e. The fourth-order valence-electron chi connectivity index (χ4n) is 2.77. The number of piperidine rings is 1. The zero-order chi connectivity index (χ0) is 14.0. The summed E-state index contributed by atoms with van der Waals surface area (Å²) < 4.78 is 0. The van der Waals surface area contributed by atoms with Gasteiger partial charge in [-0.05, 0) is 62.8 Å². The third-order valence-electron chi connectivity index (χ3n) is 4.00. The zero-order valence-corrected chi connectivity index (χ0v) is 12.6. The molecule has 0 amide bonds. The first-order valence-corrected chi connectivity index (χ1v) is 8.10. The molecule has 2 nitrogen and oxygen atoms in total. The third kappa shape index (κ3) is 4.92. The van der Waals surface area contributed by atoms with E-state index in [4.69, 9.17) is 0 Å². The van der Waals surface area contributed by atoms with Gasteiger partial charge in [0.2, 0.25) is 0 Å². The van der Waals surface area contributed by atoms with E-state index in [-0.39, 0.29) is 0 Å². The van der Waals surface area contributed by atoms with E-state index < -0.39 is 0 Å². The highest BCUT2D eigenvalue weighted by Crippen LogP contribution is 2.21. The molecule has 1 aromatic rings. The highest BCUT2D eigenvalue weighted by Gasteiger charge is 2.10. The molecule has 2 rings (SSSR count). The van der Waals surface area contributed by atoms with E-state index in [1.165, 1.54) is 63.0 Å². The highest BCUT2D eigenvalue weighted by atomic mass is 15.1. The minimum atomic E-state index is 1.07. The van der Waals surface area contributed by atoms with Gasteiger partial charge in [-0.15, -0.1) is 6.58 Å². The van der Waals surface area contributed by atoms with Crippen LogP contribution in [0.5, 0.6) is 0 Å². The van der Waals surface area contributed by atoms with Crippen LogP contribution in [0, 0.1) is 0 Å². The molecule has 2 heteroatoms. The molecule has 0 saturated carbocycles. The Labute approximate surface area is 123 Å². The second kappa shape index (κ2) is 8.68. The number of hydrogen-bond donors (Lipinski definition) is 1. The number of benzene rings is 1. The summed E-state index contributed by atoms with van der Waals surface area (Å²) in [5.41, 5.74) is 2.62. The van der Waals surface area contributed by atoms with Crippen molar-refractivity contribution in [1.29, 1.82) is 0 Å². The summed E-state index contributed by atoms with van der Waals surface area (Å²) in [5.74, 6) is 0. The number of unbranched alkanes of at least 4 members (excludes halogenated alkanes) is 3. The fraction of sp³-hybridized carbons (Fsp3) is 0.556. The lowest BCUT2D eigenvalue weighted by molar-refractivity contribution is 0.578. The van der Waals surface area contributed by atoms with Gasteiger partial charge in [0.25, 0.3) is 0 Å². The molecule has 0 aromatic heterocycles. The van der Waals surface area contributed by atoms with Gasteiger partial charge in [-0.25, -0.2) is 0 Å². The van der Waals surface area contributed by atoms with Crippen LogP contribution in [-0.4, -0.2) is 19.6 Å². The van der Waals surface area contributed by atoms with Gasteiger partial charge < -0.3 is 10.2 Å². The van der Waals surface area contributed by atoms with Gasteiger partial charge in [0.1, 0.15) is 0 Å². The van der Waals surface area contributed by atoms with Crippen molar-refractivity contribution < 1.29 is 0 Å². The molecule has 1 aliphatic rings. The van der Waals surface area contributed by atoms with Crippen LogP contribution in [-0.2, 0) is 0 Å². The first-order valence-electron chi connectivity index (χ1n) is 8.10. The highest BCUT2D eigenvalue weighted by molar-refractivity contribution is 5.55. The first-order chi connectivity index (χ1) is 9.90. The third-order valence-corrected chi connectivity index (χ3v) is 4.00. The maximum atomic E-state index is 3.75. The van der Waals surface area contributed by atoms with Crippen LogP contribution in [0.3, 0.4) is 0 Å². The Bertz CT molecular complexity index is 377. The summed E-state index contributed by atoms with van der Waals surface area (Å²) in [6.07, 6.45) is 11.0. The van der Waals surface area contributed by atoms with Crippen molar-refractivity contribution in [3.05, 3.63) is 36.9 Å². The van der Waals surface area contributed by atoms with Crippen molar-refractivity contribution in [2.45, 2.75) is 44.9 Å². The average Bonchev–Trinajstić information content (AvgIpc) is 2.52. The maximum Gasteiger partial charge on any atom is 0.0367 e. The van der Waals surface area contributed by atoms with Crippen LogP contribution in [0.25, 0.3) is 0 Å². The van der Waals surface area contributed by atoms with Crippen molar-refractivity contribution in [3.63, 3.8) is 0 Å². The summed E-state index contributed by atoms with van der Waals surface area (Å²) >= 11 is 0. The number of allylic oxidation sites excluding steroid dienone is 1. The van der Waals surface area contributed by atoms with Crippen LogP contribution in [0.2, 0.25) is 0 Å². The molecule has 1 fully saturated rings. The molecule has 20 heavy (non-hydrogen) atoms. The summed E-state index contributed by atoms with van der Waals surface area (Å²) in [5, 5.41) is 3.51. The molecule has 1 saturated heterocycles. The Morgan fingerprint density at radius 2 is 1.75 bits per heavy atom. The van der Waals surface area contributed by atoms with Gasteiger partial charge >= 0.3 is 0 Å². The van der Waals surface area contributed by atoms with Crippen molar-refractivity contribution in [2.75, 3.05) is 29.9 Å². The molecule has 0 bridgehead atoms. The molecule has 0 radical (unpaired) electrons. The van der Waals surface area contributed by atoms with Crippen LogP contribution in [0.4, 0.5) is 11.4 Å².